The van der Waals surface area contributed by atoms with Crippen molar-refractivity contribution < 1.29 is 17.9 Å². The number of benzene rings is 1. The van der Waals surface area contributed by atoms with E-state index in [0.29, 0.717) is 0 Å². The molecule has 0 atom stereocenters. The lowest BCUT2D eigenvalue weighted by Gasteiger charge is -2.16. The van der Waals surface area contributed by atoms with Crippen LogP contribution in [-0.2, 0) is 10.0 Å². The van der Waals surface area contributed by atoms with Crippen LogP contribution < -0.4 is 10.5 Å². The van der Waals surface area contributed by atoms with Gasteiger partial charge in [0.15, 0.2) is 0 Å². The van der Waals surface area contributed by atoms with Crippen molar-refractivity contribution in [3.8, 4) is 0 Å². The molecule has 2 rings (SSSR count). The Hall–Kier alpha value is -1.18. The van der Waals surface area contributed by atoms with Gasteiger partial charge in [0, 0.05) is 0 Å². The van der Waals surface area contributed by atoms with E-state index in [4.69, 9.17) is 10.2 Å². The molecule has 0 amide bonds. The van der Waals surface area contributed by atoms with Gasteiger partial charge in [-0.15, -0.1) is 0 Å². The lowest BCUT2D eigenvalue weighted by atomic mass is 10.2. The van der Waals surface area contributed by atoms with Crippen LogP contribution in [0.15, 0.2) is 23.1 Å². The first kappa shape index (κ1) is 12.3. The third-order valence-corrected chi connectivity index (χ3v) is 3.74. The van der Waals surface area contributed by atoms with E-state index >= 15 is 0 Å². The van der Waals surface area contributed by atoms with Gasteiger partial charge in [-0.1, -0.05) is 0 Å². The third-order valence-electron chi connectivity index (χ3n) is 2.83. The standard InChI is InChI=1S/C10H13FN2O3S/c11-8-5-7(17(12,15)16)1-2-9(8)13-10(6-14)3-4-10/h1-2,5,13-14H,3-4,6H2,(H2,12,15,16). The van der Waals surface area contributed by atoms with Crippen molar-refractivity contribution in [3.05, 3.63) is 24.0 Å². The number of primary sulfonamides is 1. The summed E-state index contributed by atoms with van der Waals surface area (Å²) in [6.45, 7) is -0.0800. The van der Waals surface area contributed by atoms with Gasteiger partial charge in [-0.25, -0.2) is 17.9 Å². The van der Waals surface area contributed by atoms with Crippen LogP contribution in [0.1, 0.15) is 12.8 Å². The molecular formula is C10H13FN2O3S. The Labute approximate surface area is 98.5 Å². The molecule has 0 aliphatic heterocycles. The summed E-state index contributed by atoms with van der Waals surface area (Å²) in [7, 11) is -3.89. The summed E-state index contributed by atoms with van der Waals surface area (Å²) in [6.07, 6.45) is 1.53. The van der Waals surface area contributed by atoms with Crippen molar-refractivity contribution >= 4 is 15.7 Å². The number of hydrogen-bond donors (Lipinski definition) is 3. The fourth-order valence-corrected chi connectivity index (χ4v) is 2.06. The molecule has 4 N–H and O–H groups in total. The molecule has 0 saturated heterocycles. The fraction of sp³-hybridized carbons (Fsp3) is 0.400. The third kappa shape index (κ3) is 2.56. The first-order chi connectivity index (χ1) is 7.86. The Morgan fingerprint density at radius 3 is 2.53 bits per heavy atom. The van der Waals surface area contributed by atoms with Gasteiger partial charge in [0.1, 0.15) is 5.82 Å². The Morgan fingerprint density at radius 1 is 1.47 bits per heavy atom. The van der Waals surface area contributed by atoms with E-state index in [0.717, 1.165) is 18.9 Å². The number of hydrogen-bond acceptors (Lipinski definition) is 4. The maximum atomic E-state index is 13.6. The largest absolute Gasteiger partial charge is 0.394 e. The molecule has 1 saturated carbocycles. The molecule has 0 unspecified atom stereocenters. The van der Waals surface area contributed by atoms with Crippen molar-refractivity contribution in [2.24, 2.45) is 5.14 Å². The maximum Gasteiger partial charge on any atom is 0.238 e. The number of nitrogens with one attached hydrogen (secondary N) is 1. The molecule has 1 aliphatic carbocycles. The van der Waals surface area contributed by atoms with Gasteiger partial charge in [-0.2, -0.15) is 0 Å². The number of anilines is 1. The second-order valence-corrected chi connectivity index (χ2v) is 5.81. The molecule has 1 fully saturated rings. The van der Waals surface area contributed by atoms with Crippen LogP contribution in [0, 0.1) is 5.82 Å². The van der Waals surface area contributed by atoms with E-state index in [1.165, 1.54) is 12.1 Å². The van der Waals surface area contributed by atoms with Gasteiger partial charge < -0.3 is 10.4 Å². The van der Waals surface area contributed by atoms with Crippen LogP contribution in [0.25, 0.3) is 0 Å². The normalized spacial score (nSPS) is 17.8. The van der Waals surface area contributed by atoms with Crippen LogP contribution >= 0.6 is 0 Å². The average Bonchev–Trinajstić information content (AvgIpc) is 3.00. The molecule has 0 aromatic heterocycles. The van der Waals surface area contributed by atoms with Crippen molar-refractivity contribution in [2.45, 2.75) is 23.3 Å². The molecule has 17 heavy (non-hydrogen) atoms. The van der Waals surface area contributed by atoms with Crippen molar-refractivity contribution in [1.29, 1.82) is 0 Å². The summed E-state index contributed by atoms with van der Waals surface area (Å²) in [5, 5.41) is 16.8. The summed E-state index contributed by atoms with van der Waals surface area (Å²) in [5.41, 5.74) is -0.284. The Bertz CT molecular complexity index is 540. The number of nitrogens with two attached hydrogens (primary N) is 1. The second-order valence-electron chi connectivity index (χ2n) is 4.25. The van der Waals surface area contributed by atoms with Crippen LogP contribution in [0.3, 0.4) is 0 Å². The first-order valence-electron chi connectivity index (χ1n) is 5.08. The van der Waals surface area contributed by atoms with Gasteiger partial charge in [0.05, 0.1) is 22.7 Å². The summed E-state index contributed by atoms with van der Waals surface area (Å²) in [4.78, 5) is -0.269. The zero-order valence-corrected chi connectivity index (χ0v) is 9.80. The number of sulfonamides is 1. The Balaban J connectivity index is 2.27. The van der Waals surface area contributed by atoms with Gasteiger partial charge in [-0.3, -0.25) is 0 Å². The quantitative estimate of drug-likeness (QED) is 0.731. The van der Waals surface area contributed by atoms with Crippen LogP contribution in [0.4, 0.5) is 10.1 Å². The molecular weight excluding hydrogens is 247 g/mol. The summed E-state index contributed by atoms with van der Waals surface area (Å²) in [6, 6.07) is 3.41. The number of halogens is 1. The molecule has 0 bridgehead atoms. The zero-order chi connectivity index (χ0) is 12.7. The summed E-state index contributed by atoms with van der Waals surface area (Å²) >= 11 is 0. The number of aliphatic hydroxyl groups excluding tert-OH is 1. The van der Waals surface area contributed by atoms with E-state index in [1.807, 2.05) is 0 Å². The van der Waals surface area contributed by atoms with Gasteiger partial charge in [0.2, 0.25) is 10.0 Å². The van der Waals surface area contributed by atoms with Crippen molar-refractivity contribution in [1.82, 2.24) is 0 Å². The van der Waals surface area contributed by atoms with Gasteiger partial charge in [-0.05, 0) is 31.0 Å². The Kier molecular flexibility index (Phi) is 2.84. The second kappa shape index (κ2) is 3.94. The predicted octanol–water partition coefficient (Wildman–Crippen LogP) is 0.410. The predicted molar refractivity (Wildman–Crippen MR) is 60.4 cm³/mol. The monoisotopic (exact) mass is 260 g/mol. The first-order valence-corrected chi connectivity index (χ1v) is 6.62. The molecule has 5 nitrogen and oxygen atoms in total. The topological polar surface area (TPSA) is 92.4 Å². The minimum absolute atomic E-state index is 0.0800. The minimum Gasteiger partial charge on any atom is -0.394 e. The fourth-order valence-electron chi connectivity index (χ4n) is 1.53. The number of aliphatic hydroxyl groups is 1. The zero-order valence-electron chi connectivity index (χ0n) is 8.98. The van der Waals surface area contributed by atoms with Crippen LogP contribution in [-0.4, -0.2) is 25.7 Å². The maximum absolute atomic E-state index is 13.6. The minimum atomic E-state index is -3.89. The van der Waals surface area contributed by atoms with Crippen LogP contribution in [0.2, 0.25) is 0 Å². The average molecular weight is 260 g/mol. The molecule has 0 heterocycles. The molecule has 0 radical (unpaired) electrons. The number of rotatable bonds is 4. The highest BCUT2D eigenvalue weighted by atomic mass is 32.2. The van der Waals surface area contributed by atoms with E-state index in [1.54, 1.807) is 0 Å². The molecule has 0 spiro atoms. The lowest BCUT2D eigenvalue weighted by molar-refractivity contribution is 0.266. The Morgan fingerprint density at radius 2 is 2.12 bits per heavy atom. The molecule has 1 aromatic rings. The highest BCUT2D eigenvalue weighted by molar-refractivity contribution is 7.89. The van der Waals surface area contributed by atoms with Crippen molar-refractivity contribution in [2.75, 3.05) is 11.9 Å². The molecule has 1 aliphatic rings. The highest BCUT2D eigenvalue weighted by Crippen LogP contribution is 2.39. The molecule has 94 valence electrons. The summed E-state index contributed by atoms with van der Waals surface area (Å²) in [5.74, 6) is -0.698. The van der Waals surface area contributed by atoms with Crippen molar-refractivity contribution in [3.63, 3.8) is 0 Å². The van der Waals surface area contributed by atoms with Crippen LogP contribution in [0.5, 0.6) is 0 Å². The summed E-state index contributed by atoms with van der Waals surface area (Å²) < 4.78 is 35.6. The highest BCUT2D eigenvalue weighted by Gasteiger charge is 2.42. The lowest BCUT2D eigenvalue weighted by Crippen LogP contribution is -2.26. The molecule has 7 heteroatoms. The van der Waals surface area contributed by atoms with E-state index in [-0.39, 0.29) is 17.2 Å². The van der Waals surface area contributed by atoms with E-state index < -0.39 is 21.4 Å². The van der Waals surface area contributed by atoms with E-state index in [2.05, 4.69) is 5.32 Å². The molecule has 1 aromatic carbocycles. The SMILES string of the molecule is NS(=O)(=O)c1ccc(NC2(CO)CC2)c(F)c1. The van der Waals surface area contributed by atoms with Gasteiger partial charge >= 0.3 is 0 Å². The smallest absolute Gasteiger partial charge is 0.238 e. The van der Waals surface area contributed by atoms with E-state index in [9.17, 15) is 12.8 Å². The van der Waals surface area contributed by atoms with Gasteiger partial charge in [0.25, 0.3) is 0 Å².